The van der Waals surface area contributed by atoms with Crippen LogP contribution < -0.4 is 5.32 Å². The van der Waals surface area contributed by atoms with Crippen LogP contribution in [0.4, 0.5) is 0 Å². The van der Waals surface area contributed by atoms with Gasteiger partial charge in [-0.25, -0.2) is 4.98 Å². The third-order valence-electron chi connectivity index (χ3n) is 4.95. The highest BCUT2D eigenvalue weighted by Gasteiger charge is 2.24. The Bertz CT molecular complexity index is 623. The third kappa shape index (κ3) is 5.71. The van der Waals surface area contributed by atoms with E-state index in [1.54, 1.807) is 0 Å². The Morgan fingerprint density at radius 1 is 1.04 bits per heavy atom. The minimum absolute atomic E-state index is 0. The lowest BCUT2D eigenvalue weighted by Gasteiger charge is -2.31. The number of aromatic nitrogens is 1. The van der Waals surface area contributed by atoms with E-state index < -0.39 is 0 Å². The number of halogens is 2. The van der Waals surface area contributed by atoms with E-state index in [2.05, 4.69) is 27.3 Å². The van der Waals surface area contributed by atoms with Crippen molar-refractivity contribution in [3.05, 3.63) is 42.4 Å². The molecule has 2 fully saturated rings. The minimum atomic E-state index is 0. The van der Waals surface area contributed by atoms with E-state index >= 15 is 0 Å². The summed E-state index contributed by atoms with van der Waals surface area (Å²) >= 11 is 0. The summed E-state index contributed by atoms with van der Waals surface area (Å²) in [6.45, 7) is 4.31. The van der Waals surface area contributed by atoms with Gasteiger partial charge in [0.25, 0.3) is 0 Å². The minimum Gasteiger partial charge on any atom is -0.439 e. The summed E-state index contributed by atoms with van der Waals surface area (Å²) in [6, 6.07) is 10.9. The molecule has 4 nitrogen and oxygen atoms in total. The van der Waals surface area contributed by atoms with Crippen molar-refractivity contribution in [2.24, 2.45) is 5.92 Å². The maximum Gasteiger partial charge on any atom is 0.209 e. The lowest BCUT2D eigenvalue weighted by molar-refractivity contribution is 0.176. The predicted octanol–water partition coefficient (Wildman–Crippen LogP) is 4.15. The maximum atomic E-state index is 5.92. The lowest BCUT2D eigenvalue weighted by atomic mass is 10.0. The largest absolute Gasteiger partial charge is 0.439 e. The second-order valence-corrected chi connectivity index (χ2v) is 6.89. The fourth-order valence-corrected chi connectivity index (χ4v) is 3.26. The summed E-state index contributed by atoms with van der Waals surface area (Å²) in [4.78, 5) is 6.90. The van der Waals surface area contributed by atoms with E-state index in [-0.39, 0.29) is 24.8 Å². The van der Waals surface area contributed by atoms with Crippen LogP contribution in [0.15, 0.2) is 40.9 Å². The molecule has 2 heterocycles. The first-order valence-corrected chi connectivity index (χ1v) is 8.83. The normalized spacial score (nSPS) is 18.4. The van der Waals surface area contributed by atoms with E-state index in [1.165, 1.54) is 32.2 Å². The van der Waals surface area contributed by atoms with Crippen LogP contribution in [-0.2, 0) is 6.54 Å². The molecule has 1 aliphatic carbocycles. The van der Waals surface area contributed by atoms with Gasteiger partial charge in [0, 0.05) is 24.7 Å². The van der Waals surface area contributed by atoms with Crippen molar-refractivity contribution in [3.8, 4) is 11.3 Å². The number of likely N-dealkylation sites (tertiary alicyclic amines) is 1. The SMILES string of the molecule is Cl.Cl.c1ccc(-c2cnc(CN3CCC(NCC4CC4)CC3)o2)cc1. The Morgan fingerprint density at radius 3 is 2.44 bits per heavy atom. The van der Waals surface area contributed by atoms with Crippen LogP contribution in [0.25, 0.3) is 11.3 Å². The highest BCUT2D eigenvalue weighted by molar-refractivity contribution is 5.85. The molecule has 4 rings (SSSR count). The van der Waals surface area contributed by atoms with Crippen molar-refractivity contribution < 1.29 is 4.42 Å². The molecule has 1 aliphatic heterocycles. The number of nitrogens with one attached hydrogen (secondary N) is 1. The Kier molecular flexibility index (Phi) is 7.76. The van der Waals surface area contributed by atoms with Gasteiger partial charge in [0.1, 0.15) is 0 Å². The molecule has 0 bridgehead atoms. The fourth-order valence-electron chi connectivity index (χ4n) is 3.26. The summed E-state index contributed by atoms with van der Waals surface area (Å²) in [5, 5.41) is 3.73. The predicted molar refractivity (Wildman–Crippen MR) is 105 cm³/mol. The molecule has 1 N–H and O–H groups in total. The van der Waals surface area contributed by atoms with Gasteiger partial charge in [-0.05, 0) is 38.1 Å². The molecule has 25 heavy (non-hydrogen) atoms. The average Bonchev–Trinajstić information content (AvgIpc) is 3.32. The molecule has 1 aromatic carbocycles. The molecule has 1 saturated heterocycles. The van der Waals surface area contributed by atoms with E-state index in [0.29, 0.717) is 6.04 Å². The number of oxazole rings is 1. The van der Waals surface area contributed by atoms with Gasteiger partial charge in [-0.15, -0.1) is 24.8 Å². The van der Waals surface area contributed by atoms with Crippen molar-refractivity contribution in [1.29, 1.82) is 0 Å². The smallest absolute Gasteiger partial charge is 0.209 e. The van der Waals surface area contributed by atoms with E-state index in [4.69, 9.17) is 4.42 Å². The zero-order valence-electron chi connectivity index (χ0n) is 14.4. The second kappa shape index (κ2) is 9.58. The molecule has 0 spiro atoms. The number of hydrogen-bond donors (Lipinski definition) is 1. The maximum absolute atomic E-state index is 5.92. The van der Waals surface area contributed by atoms with Crippen LogP contribution in [0, 0.1) is 5.92 Å². The monoisotopic (exact) mass is 383 g/mol. The fraction of sp³-hybridized carbons (Fsp3) is 0.526. The number of rotatable bonds is 6. The molecular weight excluding hydrogens is 357 g/mol. The zero-order valence-corrected chi connectivity index (χ0v) is 16.0. The highest BCUT2D eigenvalue weighted by atomic mass is 35.5. The molecule has 2 aliphatic rings. The average molecular weight is 384 g/mol. The summed E-state index contributed by atoms with van der Waals surface area (Å²) in [5.74, 6) is 2.66. The topological polar surface area (TPSA) is 41.3 Å². The van der Waals surface area contributed by atoms with Crippen LogP contribution in [-0.4, -0.2) is 35.6 Å². The molecule has 1 saturated carbocycles. The molecule has 1 aromatic heterocycles. The quantitative estimate of drug-likeness (QED) is 0.813. The lowest BCUT2D eigenvalue weighted by Crippen LogP contribution is -2.42. The molecule has 2 aromatic rings. The summed E-state index contributed by atoms with van der Waals surface area (Å²) in [7, 11) is 0. The number of nitrogens with zero attached hydrogens (tertiary/aromatic N) is 2. The van der Waals surface area contributed by atoms with Crippen LogP contribution in [0.3, 0.4) is 0 Å². The molecule has 138 valence electrons. The molecule has 0 unspecified atom stereocenters. The summed E-state index contributed by atoms with van der Waals surface area (Å²) < 4.78 is 5.92. The Morgan fingerprint density at radius 2 is 1.76 bits per heavy atom. The molecule has 0 amide bonds. The second-order valence-electron chi connectivity index (χ2n) is 6.89. The van der Waals surface area contributed by atoms with Crippen LogP contribution in [0.1, 0.15) is 31.6 Å². The van der Waals surface area contributed by atoms with Gasteiger partial charge in [0.05, 0.1) is 12.7 Å². The van der Waals surface area contributed by atoms with Gasteiger partial charge in [-0.2, -0.15) is 0 Å². The van der Waals surface area contributed by atoms with E-state index in [0.717, 1.165) is 42.8 Å². The summed E-state index contributed by atoms with van der Waals surface area (Å²) in [6.07, 6.45) is 7.17. The van der Waals surface area contributed by atoms with E-state index in [1.807, 2.05) is 24.4 Å². The van der Waals surface area contributed by atoms with Crippen molar-refractivity contribution >= 4 is 24.8 Å². The number of benzene rings is 1. The Labute approximate surface area is 162 Å². The molecule has 0 atom stereocenters. The molecule has 6 heteroatoms. The first-order chi connectivity index (χ1) is 11.4. The Hall–Kier alpha value is -1.07. The standard InChI is InChI=1S/C19H25N3O.2ClH/c1-2-4-16(5-3-1)18-13-21-19(23-18)14-22-10-8-17(9-11-22)20-12-15-6-7-15;;/h1-5,13,15,17,20H,6-12,14H2;2*1H. The van der Waals surface area contributed by atoms with Crippen molar-refractivity contribution in [2.45, 2.75) is 38.3 Å². The van der Waals surface area contributed by atoms with Gasteiger partial charge >= 0.3 is 0 Å². The highest BCUT2D eigenvalue weighted by Crippen LogP contribution is 2.28. The first kappa shape index (κ1) is 20.2. The van der Waals surface area contributed by atoms with E-state index in [9.17, 15) is 0 Å². The van der Waals surface area contributed by atoms with Crippen LogP contribution >= 0.6 is 24.8 Å². The van der Waals surface area contributed by atoms with Crippen molar-refractivity contribution in [3.63, 3.8) is 0 Å². The van der Waals surface area contributed by atoms with Crippen LogP contribution in [0.2, 0.25) is 0 Å². The van der Waals surface area contributed by atoms with Crippen molar-refractivity contribution in [2.75, 3.05) is 19.6 Å². The third-order valence-corrected chi connectivity index (χ3v) is 4.95. The summed E-state index contributed by atoms with van der Waals surface area (Å²) in [5.41, 5.74) is 1.09. The first-order valence-electron chi connectivity index (χ1n) is 8.83. The van der Waals surface area contributed by atoms with Crippen LogP contribution in [0.5, 0.6) is 0 Å². The molecule has 0 radical (unpaired) electrons. The Balaban J connectivity index is 0.00000113. The van der Waals surface area contributed by atoms with Gasteiger partial charge in [-0.3, -0.25) is 4.90 Å². The van der Waals surface area contributed by atoms with Gasteiger partial charge < -0.3 is 9.73 Å². The van der Waals surface area contributed by atoms with Crippen molar-refractivity contribution in [1.82, 2.24) is 15.2 Å². The zero-order chi connectivity index (χ0) is 15.5. The van der Waals surface area contributed by atoms with Gasteiger partial charge in [0.15, 0.2) is 5.76 Å². The van der Waals surface area contributed by atoms with Gasteiger partial charge in [0.2, 0.25) is 5.89 Å². The van der Waals surface area contributed by atoms with Gasteiger partial charge in [-0.1, -0.05) is 30.3 Å². The molecular formula is C19H27Cl2N3O. The number of piperidine rings is 1. The number of hydrogen-bond acceptors (Lipinski definition) is 4.